The minimum absolute atomic E-state index is 0.108. The molecule has 0 saturated heterocycles. The smallest absolute Gasteiger partial charge is 0.315 e. The maximum atomic E-state index is 12.3. The van der Waals surface area contributed by atoms with E-state index in [0.29, 0.717) is 5.69 Å². The number of nitro groups is 1. The van der Waals surface area contributed by atoms with Crippen LogP contribution in [0.4, 0.5) is 11.4 Å². The molecule has 0 radical (unpaired) electrons. The Bertz CT molecular complexity index is 949. The van der Waals surface area contributed by atoms with Gasteiger partial charge in [0.2, 0.25) is 5.75 Å². The predicted octanol–water partition coefficient (Wildman–Crippen LogP) is 4.01. The van der Waals surface area contributed by atoms with Gasteiger partial charge in [0, 0.05) is 16.2 Å². The van der Waals surface area contributed by atoms with Gasteiger partial charge in [0.25, 0.3) is 5.91 Å². The van der Waals surface area contributed by atoms with E-state index in [1.807, 2.05) is 0 Å². The first kappa shape index (κ1) is 19.9. The van der Waals surface area contributed by atoms with Crippen molar-refractivity contribution in [1.29, 1.82) is 5.26 Å². The second-order valence-corrected chi connectivity index (χ2v) is 6.12. The molecule has 0 unspecified atom stereocenters. The molecule has 1 amide bonds. The highest BCUT2D eigenvalue weighted by atomic mass is 79.9. The molecule has 2 rings (SSSR count). The van der Waals surface area contributed by atoms with Crippen molar-refractivity contribution in [2.75, 3.05) is 11.9 Å². The number of hydrogen-bond acceptors (Lipinski definition) is 6. The molecule has 0 aliphatic heterocycles. The van der Waals surface area contributed by atoms with Crippen molar-refractivity contribution in [3.8, 4) is 17.6 Å². The summed E-state index contributed by atoms with van der Waals surface area (Å²) in [5, 5.41) is 32.9. The molecule has 0 fully saturated rings. The van der Waals surface area contributed by atoms with Crippen LogP contribution in [0.1, 0.15) is 12.5 Å². The Labute approximate surface area is 163 Å². The van der Waals surface area contributed by atoms with E-state index in [9.17, 15) is 25.3 Å². The van der Waals surface area contributed by atoms with Crippen LogP contribution < -0.4 is 10.1 Å². The molecule has 9 heteroatoms. The predicted molar refractivity (Wildman–Crippen MR) is 102 cm³/mol. The summed E-state index contributed by atoms with van der Waals surface area (Å²) in [6, 6.07) is 10.9. The van der Waals surface area contributed by atoms with E-state index in [-0.39, 0.29) is 23.5 Å². The number of nitriles is 1. The number of rotatable bonds is 6. The molecule has 2 aromatic carbocycles. The van der Waals surface area contributed by atoms with Crippen molar-refractivity contribution in [3.63, 3.8) is 0 Å². The summed E-state index contributed by atoms with van der Waals surface area (Å²) in [6.07, 6.45) is 1.18. The summed E-state index contributed by atoms with van der Waals surface area (Å²) in [4.78, 5) is 22.6. The number of hydrogen-bond donors (Lipinski definition) is 2. The molecule has 0 aliphatic carbocycles. The van der Waals surface area contributed by atoms with Gasteiger partial charge in [-0.1, -0.05) is 15.9 Å². The Morgan fingerprint density at radius 1 is 1.41 bits per heavy atom. The Morgan fingerprint density at radius 3 is 2.63 bits per heavy atom. The molecule has 8 nitrogen and oxygen atoms in total. The highest BCUT2D eigenvalue weighted by Crippen LogP contribution is 2.37. The van der Waals surface area contributed by atoms with E-state index in [0.717, 1.165) is 10.5 Å². The highest BCUT2D eigenvalue weighted by molar-refractivity contribution is 9.10. The zero-order chi connectivity index (χ0) is 20.0. The number of benzene rings is 2. The second-order valence-electron chi connectivity index (χ2n) is 5.21. The van der Waals surface area contributed by atoms with Crippen LogP contribution in [0.2, 0.25) is 0 Å². The van der Waals surface area contributed by atoms with Gasteiger partial charge in [0.05, 0.1) is 11.5 Å². The van der Waals surface area contributed by atoms with Gasteiger partial charge in [-0.15, -0.1) is 0 Å². The summed E-state index contributed by atoms with van der Waals surface area (Å²) in [5.74, 6) is -1.39. The average molecular weight is 432 g/mol. The van der Waals surface area contributed by atoms with Crippen LogP contribution >= 0.6 is 15.9 Å². The van der Waals surface area contributed by atoms with Crippen LogP contribution in [0, 0.1) is 21.4 Å². The van der Waals surface area contributed by atoms with Crippen LogP contribution in [0.15, 0.2) is 46.4 Å². The lowest BCUT2D eigenvalue weighted by Gasteiger charge is -2.08. The third kappa shape index (κ3) is 5.05. The molecule has 0 aliphatic rings. The molecule has 2 N–H and O–H groups in total. The molecular weight excluding hydrogens is 418 g/mol. The normalized spacial score (nSPS) is 10.8. The second kappa shape index (κ2) is 8.82. The van der Waals surface area contributed by atoms with Crippen LogP contribution in [0.3, 0.4) is 0 Å². The molecule has 0 saturated carbocycles. The summed E-state index contributed by atoms with van der Waals surface area (Å²) >= 11 is 3.28. The van der Waals surface area contributed by atoms with Gasteiger partial charge in [-0.2, -0.15) is 5.26 Å². The standard InChI is InChI=1S/C18H14BrN3O5/c1-2-27-16-9-11(8-15(17(16)23)22(25)26)7-12(10-20)18(24)21-14-5-3-13(19)4-6-14/h3-9,23H,2H2,1H3,(H,21,24)/b12-7+. The summed E-state index contributed by atoms with van der Waals surface area (Å²) in [5.41, 5.74) is -0.195. The number of anilines is 1. The Kier molecular flexibility index (Phi) is 6.51. The Morgan fingerprint density at radius 2 is 2.07 bits per heavy atom. The van der Waals surface area contributed by atoms with E-state index in [4.69, 9.17) is 4.74 Å². The van der Waals surface area contributed by atoms with Crippen LogP contribution in [-0.2, 0) is 4.79 Å². The fourth-order valence-corrected chi connectivity index (χ4v) is 2.41. The number of carbonyl (C=O) groups is 1. The fourth-order valence-electron chi connectivity index (χ4n) is 2.15. The van der Waals surface area contributed by atoms with E-state index >= 15 is 0 Å². The number of nitro benzene ring substituents is 1. The van der Waals surface area contributed by atoms with Crippen LogP contribution in [-0.4, -0.2) is 22.5 Å². The number of nitrogens with zero attached hydrogens (tertiary/aromatic N) is 2. The maximum Gasteiger partial charge on any atom is 0.315 e. The number of ether oxygens (including phenoxy) is 1. The van der Waals surface area contributed by atoms with Crippen LogP contribution in [0.5, 0.6) is 11.5 Å². The van der Waals surface area contributed by atoms with Gasteiger partial charge < -0.3 is 15.2 Å². The molecule has 0 bridgehead atoms. The molecule has 0 spiro atoms. The number of halogens is 1. The molecular formula is C18H14BrN3O5. The molecule has 0 heterocycles. The molecule has 138 valence electrons. The number of amides is 1. The highest BCUT2D eigenvalue weighted by Gasteiger charge is 2.20. The van der Waals surface area contributed by atoms with E-state index < -0.39 is 22.3 Å². The van der Waals surface area contributed by atoms with Gasteiger partial charge in [-0.25, -0.2) is 0 Å². The summed E-state index contributed by atoms with van der Waals surface area (Å²) < 4.78 is 6.01. The largest absolute Gasteiger partial charge is 0.500 e. The quantitative estimate of drug-likeness (QED) is 0.308. The van der Waals surface area contributed by atoms with Crippen molar-refractivity contribution in [3.05, 3.63) is 62.1 Å². The van der Waals surface area contributed by atoms with Crippen molar-refractivity contribution < 1.29 is 19.6 Å². The monoisotopic (exact) mass is 431 g/mol. The van der Waals surface area contributed by atoms with E-state index in [1.54, 1.807) is 37.3 Å². The zero-order valence-corrected chi connectivity index (χ0v) is 15.7. The topological polar surface area (TPSA) is 125 Å². The molecule has 0 atom stereocenters. The van der Waals surface area contributed by atoms with Crippen molar-refractivity contribution in [1.82, 2.24) is 0 Å². The van der Waals surface area contributed by atoms with Gasteiger partial charge in [0.15, 0.2) is 5.75 Å². The van der Waals surface area contributed by atoms with Crippen molar-refractivity contribution in [2.24, 2.45) is 0 Å². The molecule has 0 aromatic heterocycles. The lowest BCUT2D eigenvalue weighted by molar-refractivity contribution is -0.386. The minimum Gasteiger partial charge on any atom is -0.500 e. The van der Waals surface area contributed by atoms with Gasteiger partial charge >= 0.3 is 5.69 Å². The minimum atomic E-state index is -0.775. The lowest BCUT2D eigenvalue weighted by atomic mass is 10.1. The number of nitrogens with one attached hydrogen (secondary N) is 1. The Hall–Kier alpha value is -3.38. The number of aromatic hydroxyl groups is 1. The van der Waals surface area contributed by atoms with Crippen molar-refractivity contribution in [2.45, 2.75) is 6.92 Å². The van der Waals surface area contributed by atoms with Crippen LogP contribution in [0.25, 0.3) is 6.08 Å². The van der Waals surface area contributed by atoms with E-state index in [1.165, 1.54) is 12.1 Å². The number of carbonyl (C=O) groups excluding carboxylic acids is 1. The van der Waals surface area contributed by atoms with Crippen molar-refractivity contribution >= 4 is 39.3 Å². The number of phenolic OH excluding ortho intramolecular Hbond substituents is 1. The maximum absolute atomic E-state index is 12.3. The van der Waals surface area contributed by atoms with Gasteiger partial charge in [0.1, 0.15) is 11.6 Å². The lowest BCUT2D eigenvalue weighted by Crippen LogP contribution is -2.13. The first-order chi connectivity index (χ1) is 12.8. The molecule has 2 aromatic rings. The van der Waals surface area contributed by atoms with Gasteiger partial charge in [-0.05, 0) is 48.9 Å². The number of phenols is 1. The third-order valence-electron chi connectivity index (χ3n) is 3.35. The zero-order valence-electron chi connectivity index (χ0n) is 14.1. The van der Waals surface area contributed by atoms with Gasteiger partial charge in [-0.3, -0.25) is 14.9 Å². The first-order valence-corrected chi connectivity index (χ1v) is 8.48. The first-order valence-electron chi connectivity index (χ1n) is 7.68. The molecule has 27 heavy (non-hydrogen) atoms. The SMILES string of the molecule is CCOc1cc(/C=C(\C#N)C(=O)Nc2ccc(Br)cc2)cc([N+](=O)[O-])c1O. The summed E-state index contributed by atoms with van der Waals surface area (Å²) in [7, 11) is 0. The fraction of sp³-hybridized carbons (Fsp3) is 0.111. The third-order valence-corrected chi connectivity index (χ3v) is 3.88. The van der Waals surface area contributed by atoms with E-state index in [2.05, 4.69) is 21.2 Å². The average Bonchev–Trinajstić information content (AvgIpc) is 2.63. The Balaban J connectivity index is 2.38. The summed E-state index contributed by atoms with van der Waals surface area (Å²) in [6.45, 7) is 1.83.